The minimum absolute atomic E-state index is 0.146. The molecule has 8 nitrogen and oxygen atoms in total. The van der Waals surface area contributed by atoms with Crippen LogP contribution in [0.4, 0.5) is 0 Å². The van der Waals surface area contributed by atoms with Crippen LogP contribution < -0.4 is 15.4 Å². The first-order valence-corrected chi connectivity index (χ1v) is 11.1. The highest BCUT2D eigenvalue weighted by Crippen LogP contribution is 2.24. The number of hydrogen-bond donors (Lipinski definition) is 2. The third-order valence-corrected chi connectivity index (χ3v) is 5.21. The number of aliphatic imine (C=N–C) groups is 1. The fourth-order valence-corrected chi connectivity index (χ4v) is 3.55. The molecule has 3 rings (SSSR count). The van der Waals surface area contributed by atoms with Gasteiger partial charge in [-0.25, -0.2) is 14.7 Å². The maximum absolute atomic E-state index is 5.87. The Morgan fingerprint density at radius 1 is 1.26 bits per heavy atom. The van der Waals surface area contributed by atoms with Gasteiger partial charge in [-0.2, -0.15) is 5.10 Å². The van der Waals surface area contributed by atoms with Crippen molar-refractivity contribution >= 4 is 5.96 Å². The molecule has 2 heterocycles. The van der Waals surface area contributed by atoms with E-state index >= 15 is 0 Å². The van der Waals surface area contributed by atoms with Crippen molar-refractivity contribution in [3.8, 4) is 5.75 Å². The van der Waals surface area contributed by atoms with Crippen LogP contribution in [-0.2, 0) is 29.7 Å². The van der Waals surface area contributed by atoms with Crippen molar-refractivity contribution in [1.29, 1.82) is 0 Å². The largest absolute Gasteiger partial charge is 0.492 e. The second kappa shape index (κ2) is 10.6. The number of benzene rings is 1. The van der Waals surface area contributed by atoms with Crippen LogP contribution in [0.2, 0.25) is 0 Å². The highest BCUT2D eigenvalue weighted by Gasteiger charge is 2.22. The topological polar surface area (TPSA) is 85.6 Å². The lowest BCUT2D eigenvalue weighted by Gasteiger charge is -2.25. The van der Waals surface area contributed by atoms with Gasteiger partial charge in [-0.05, 0) is 36.5 Å². The molecule has 2 aromatic rings. The number of rotatable bonds is 8. The highest BCUT2D eigenvalue weighted by atomic mass is 16.5. The first-order chi connectivity index (χ1) is 14.9. The fourth-order valence-electron chi connectivity index (χ4n) is 3.55. The number of fused-ring (bicyclic) bond motifs is 1. The lowest BCUT2D eigenvalue weighted by molar-refractivity contribution is 0.177. The predicted molar refractivity (Wildman–Crippen MR) is 123 cm³/mol. The van der Waals surface area contributed by atoms with E-state index in [4.69, 9.17) is 9.47 Å². The summed E-state index contributed by atoms with van der Waals surface area (Å²) in [5.41, 5.74) is 1.45. The van der Waals surface area contributed by atoms with Crippen molar-refractivity contribution in [3.63, 3.8) is 0 Å². The number of aromatic nitrogens is 3. The van der Waals surface area contributed by atoms with E-state index in [0.29, 0.717) is 19.8 Å². The van der Waals surface area contributed by atoms with Crippen LogP contribution in [0.25, 0.3) is 0 Å². The molecular weight excluding hydrogens is 392 g/mol. The van der Waals surface area contributed by atoms with Gasteiger partial charge in [-0.1, -0.05) is 32.9 Å². The van der Waals surface area contributed by atoms with Gasteiger partial charge in [0.2, 0.25) is 0 Å². The van der Waals surface area contributed by atoms with E-state index in [1.807, 2.05) is 16.8 Å². The zero-order chi connectivity index (χ0) is 22.3. The average molecular weight is 429 g/mol. The summed E-state index contributed by atoms with van der Waals surface area (Å²) in [4.78, 5) is 9.21. The Bertz CT molecular complexity index is 854. The maximum Gasteiger partial charge on any atom is 0.191 e. The molecule has 0 amide bonds. The van der Waals surface area contributed by atoms with E-state index in [9.17, 15) is 0 Å². The molecule has 2 N–H and O–H groups in total. The van der Waals surface area contributed by atoms with E-state index in [-0.39, 0.29) is 11.5 Å². The summed E-state index contributed by atoms with van der Waals surface area (Å²) in [6.07, 6.45) is 1.88. The Hall–Kier alpha value is -2.61. The van der Waals surface area contributed by atoms with Crippen LogP contribution in [0.5, 0.6) is 5.75 Å². The molecule has 0 spiro atoms. The van der Waals surface area contributed by atoms with Gasteiger partial charge in [0.25, 0.3) is 0 Å². The molecule has 1 aromatic heterocycles. The lowest BCUT2D eigenvalue weighted by Crippen LogP contribution is -2.47. The van der Waals surface area contributed by atoms with Crippen molar-refractivity contribution in [2.75, 3.05) is 26.8 Å². The standard InChI is InChI=1S/C23H36N6O2/c1-6-24-22(25-13-14-31-19-10-7-17(8-11-19)23(2,3)4)26-18-9-12-21-27-20(16-30-5)28-29(21)15-18/h7-8,10-11,18H,6,9,12-16H2,1-5H3,(H2,24,25,26). The van der Waals surface area contributed by atoms with Gasteiger partial charge in [0.1, 0.15) is 24.8 Å². The number of aryl methyl sites for hydroxylation is 1. The predicted octanol–water partition coefficient (Wildman–Crippen LogP) is 2.67. The molecule has 0 aliphatic carbocycles. The summed E-state index contributed by atoms with van der Waals surface area (Å²) in [6, 6.07) is 8.58. The Balaban J connectivity index is 1.49. The van der Waals surface area contributed by atoms with Crippen LogP contribution in [-0.4, -0.2) is 53.6 Å². The van der Waals surface area contributed by atoms with Gasteiger partial charge in [-0.15, -0.1) is 0 Å². The third kappa shape index (κ3) is 6.69. The van der Waals surface area contributed by atoms with Gasteiger partial charge in [0.05, 0.1) is 13.1 Å². The van der Waals surface area contributed by atoms with E-state index in [1.165, 1.54) is 5.56 Å². The number of ether oxygens (including phenoxy) is 2. The zero-order valence-electron chi connectivity index (χ0n) is 19.4. The van der Waals surface area contributed by atoms with Crippen LogP contribution in [0.3, 0.4) is 0 Å². The van der Waals surface area contributed by atoms with Crippen molar-refractivity contribution in [3.05, 3.63) is 41.5 Å². The monoisotopic (exact) mass is 428 g/mol. The molecule has 1 aromatic carbocycles. The number of nitrogens with one attached hydrogen (secondary N) is 2. The van der Waals surface area contributed by atoms with E-state index in [1.54, 1.807) is 7.11 Å². The minimum Gasteiger partial charge on any atom is -0.492 e. The van der Waals surface area contributed by atoms with Crippen molar-refractivity contribution in [2.24, 2.45) is 4.99 Å². The smallest absolute Gasteiger partial charge is 0.191 e. The van der Waals surface area contributed by atoms with Crippen LogP contribution >= 0.6 is 0 Å². The molecule has 1 aliphatic rings. The molecule has 0 radical (unpaired) electrons. The van der Waals surface area contributed by atoms with Crippen LogP contribution in [0.1, 0.15) is 51.3 Å². The molecule has 31 heavy (non-hydrogen) atoms. The third-order valence-electron chi connectivity index (χ3n) is 5.21. The van der Waals surface area contributed by atoms with Gasteiger partial charge < -0.3 is 20.1 Å². The second-order valence-corrected chi connectivity index (χ2v) is 8.82. The molecule has 8 heteroatoms. The average Bonchev–Trinajstić information content (AvgIpc) is 3.13. The summed E-state index contributed by atoms with van der Waals surface area (Å²) in [7, 11) is 1.66. The lowest BCUT2D eigenvalue weighted by atomic mass is 9.87. The molecule has 1 unspecified atom stereocenters. The summed E-state index contributed by atoms with van der Waals surface area (Å²) < 4.78 is 13.0. The molecule has 1 aliphatic heterocycles. The number of hydrogen-bond acceptors (Lipinski definition) is 5. The van der Waals surface area contributed by atoms with Crippen LogP contribution in [0.15, 0.2) is 29.3 Å². The molecule has 0 saturated carbocycles. The Morgan fingerprint density at radius 3 is 2.71 bits per heavy atom. The Labute approximate surface area is 185 Å². The molecule has 0 saturated heterocycles. The SMILES string of the molecule is CCNC(=NCCOc1ccc(C(C)(C)C)cc1)NC1CCc2nc(COC)nn2C1. The number of nitrogens with zero attached hydrogens (tertiary/aromatic N) is 4. The zero-order valence-corrected chi connectivity index (χ0v) is 19.4. The summed E-state index contributed by atoms with van der Waals surface area (Å²) in [5, 5.41) is 11.4. The maximum atomic E-state index is 5.87. The molecule has 0 fully saturated rings. The fraction of sp³-hybridized carbons (Fsp3) is 0.609. The van der Waals surface area contributed by atoms with E-state index < -0.39 is 0 Å². The van der Waals surface area contributed by atoms with E-state index in [0.717, 1.165) is 49.3 Å². The minimum atomic E-state index is 0.146. The first kappa shape index (κ1) is 23.1. The summed E-state index contributed by atoms with van der Waals surface area (Å²) in [6.45, 7) is 11.8. The van der Waals surface area contributed by atoms with Gasteiger partial charge in [0.15, 0.2) is 11.8 Å². The summed E-state index contributed by atoms with van der Waals surface area (Å²) >= 11 is 0. The van der Waals surface area contributed by atoms with Crippen molar-refractivity contribution in [2.45, 2.75) is 65.1 Å². The van der Waals surface area contributed by atoms with Gasteiger partial charge in [-0.3, -0.25) is 0 Å². The summed E-state index contributed by atoms with van der Waals surface area (Å²) in [5.74, 6) is 3.45. The van der Waals surface area contributed by atoms with Crippen molar-refractivity contribution < 1.29 is 9.47 Å². The molecule has 170 valence electrons. The quantitative estimate of drug-likeness (QED) is 0.382. The molecular formula is C23H36N6O2. The van der Waals surface area contributed by atoms with Crippen molar-refractivity contribution in [1.82, 2.24) is 25.4 Å². The number of methoxy groups -OCH3 is 1. The Kier molecular flexibility index (Phi) is 7.90. The number of guanidine groups is 1. The normalized spacial score (nSPS) is 16.7. The molecule has 0 bridgehead atoms. The van der Waals surface area contributed by atoms with Crippen LogP contribution in [0, 0.1) is 0 Å². The Morgan fingerprint density at radius 2 is 2.03 bits per heavy atom. The first-order valence-electron chi connectivity index (χ1n) is 11.1. The highest BCUT2D eigenvalue weighted by molar-refractivity contribution is 5.80. The second-order valence-electron chi connectivity index (χ2n) is 8.82. The van der Waals surface area contributed by atoms with Gasteiger partial charge >= 0.3 is 0 Å². The molecule has 1 atom stereocenters. The van der Waals surface area contributed by atoms with E-state index in [2.05, 4.69) is 65.5 Å². The van der Waals surface area contributed by atoms with Gasteiger partial charge in [0, 0.05) is 26.1 Å².